The Bertz CT molecular complexity index is 946. The normalized spacial score (nSPS) is 18.4. The lowest BCUT2D eigenvalue weighted by Gasteiger charge is -2.38. The van der Waals surface area contributed by atoms with Crippen LogP contribution in [0, 0.1) is 5.92 Å². The van der Waals surface area contributed by atoms with Crippen molar-refractivity contribution in [3.8, 4) is 0 Å². The van der Waals surface area contributed by atoms with Crippen LogP contribution < -0.4 is 9.80 Å². The summed E-state index contributed by atoms with van der Waals surface area (Å²) in [6.45, 7) is 4.78. The van der Waals surface area contributed by atoms with Crippen LogP contribution in [0.3, 0.4) is 0 Å². The molecule has 29 heavy (non-hydrogen) atoms. The number of nitrogens with zero attached hydrogens (tertiary/aromatic N) is 7. The van der Waals surface area contributed by atoms with Gasteiger partial charge in [-0.05, 0) is 31.0 Å². The van der Waals surface area contributed by atoms with E-state index in [-0.39, 0.29) is 5.92 Å². The van der Waals surface area contributed by atoms with Crippen LogP contribution in [0.25, 0.3) is 10.3 Å². The number of piperidine rings is 1. The van der Waals surface area contributed by atoms with Gasteiger partial charge >= 0.3 is 0 Å². The number of piperazine rings is 1. The average molecular weight is 410 g/mol. The van der Waals surface area contributed by atoms with Gasteiger partial charge in [0, 0.05) is 63.8 Å². The second-order valence-corrected chi connectivity index (χ2v) is 8.40. The molecule has 5 heterocycles. The van der Waals surface area contributed by atoms with Crippen molar-refractivity contribution in [2.24, 2.45) is 5.92 Å². The zero-order valence-corrected chi connectivity index (χ0v) is 17.0. The first kappa shape index (κ1) is 18.2. The van der Waals surface area contributed by atoms with E-state index in [1.807, 2.05) is 23.1 Å². The third-order valence-corrected chi connectivity index (χ3v) is 6.74. The molecular weight excluding hydrogens is 386 g/mol. The van der Waals surface area contributed by atoms with Crippen LogP contribution in [0.4, 0.5) is 11.1 Å². The SMILES string of the molecule is O=C(C1CCN(c2nc3cccnc3s2)CC1)N1CCN(c2ncccn2)CC1. The van der Waals surface area contributed by atoms with E-state index in [2.05, 4.69) is 24.8 Å². The molecule has 0 bridgehead atoms. The lowest BCUT2D eigenvalue weighted by molar-refractivity contribution is -0.136. The van der Waals surface area contributed by atoms with Gasteiger partial charge in [-0.2, -0.15) is 0 Å². The summed E-state index contributed by atoms with van der Waals surface area (Å²) >= 11 is 1.63. The number of amides is 1. The molecule has 0 saturated carbocycles. The molecule has 0 radical (unpaired) electrons. The Labute approximate surface area is 173 Å². The number of thiazole rings is 1. The quantitative estimate of drug-likeness (QED) is 0.655. The smallest absolute Gasteiger partial charge is 0.225 e. The molecule has 5 rings (SSSR count). The summed E-state index contributed by atoms with van der Waals surface area (Å²) in [5, 5.41) is 1.01. The highest BCUT2D eigenvalue weighted by Gasteiger charge is 2.31. The molecule has 0 unspecified atom stereocenters. The van der Waals surface area contributed by atoms with E-state index in [1.165, 1.54) is 0 Å². The second kappa shape index (κ2) is 7.90. The second-order valence-electron chi connectivity index (χ2n) is 7.45. The highest BCUT2D eigenvalue weighted by molar-refractivity contribution is 7.21. The molecule has 3 aromatic heterocycles. The van der Waals surface area contributed by atoms with Crippen molar-refractivity contribution in [2.45, 2.75) is 12.8 Å². The minimum Gasteiger partial charge on any atom is -0.348 e. The number of rotatable bonds is 3. The maximum atomic E-state index is 13.0. The molecule has 0 aromatic carbocycles. The van der Waals surface area contributed by atoms with Crippen molar-refractivity contribution >= 4 is 38.7 Å². The van der Waals surface area contributed by atoms with E-state index in [9.17, 15) is 4.79 Å². The first-order chi connectivity index (χ1) is 14.3. The summed E-state index contributed by atoms with van der Waals surface area (Å²) in [5.41, 5.74) is 0.950. The molecule has 0 aliphatic carbocycles. The van der Waals surface area contributed by atoms with E-state index in [0.717, 1.165) is 73.5 Å². The predicted molar refractivity (Wildman–Crippen MR) is 113 cm³/mol. The summed E-state index contributed by atoms with van der Waals surface area (Å²) in [5.74, 6) is 1.15. The molecule has 1 amide bonds. The van der Waals surface area contributed by atoms with E-state index < -0.39 is 0 Å². The van der Waals surface area contributed by atoms with Crippen molar-refractivity contribution in [1.82, 2.24) is 24.8 Å². The van der Waals surface area contributed by atoms with E-state index in [4.69, 9.17) is 4.98 Å². The molecule has 150 valence electrons. The van der Waals surface area contributed by atoms with Crippen LogP contribution >= 0.6 is 11.3 Å². The Morgan fingerprint density at radius 1 is 0.897 bits per heavy atom. The van der Waals surface area contributed by atoms with Gasteiger partial charge in [0.25, 0.3) is 0 Å². The highest BCUT2D eigenvalue weighted by Crippen LogP contribution is 2.31. The molecule has 2 saturated heterocycles. The molecule has 2 fully saturated rings. The lowest BCUT2D eigenvalue weighted by atomic mass is 9.95. The van der Waals surface area contributed by atoms with Crippen LogP contribution in [-0.2, 0) is 4.79 Å². The number of hydrogen-bond donors (Lipinski definition) is 0. The van der Waals surface area contributed by atoms with Gasteiger partial charge in [0.2, 0.25) is 11.9 Å². The fourth-order valence-corrected chi connectivity index (χ4v) is 5.01. The summed E-state index contributed by atoms with van der Waals surface area (Å²) in [6.07, 6.45) is 7.08. The zero-order valence-electron chi connectivity index (χ0n) is 16.1. The summed E-state index contributed by atoms with van der Waals surface area (Å²) in [4.78, 5) is 38.2. The molecule has 9 heteroatoms. The first-order valence-corrected chi connectivity index (χ1v) is 10.9. The Morgan fingerprint density at radius 2 is 1.62 bits per heavy atom. The van der Waals surface area contributed by atoms with Crippen LogP contribution in [-0.4, -0.2) is 70.0 Å². The van der Waals surface area contributed by atoms with Crippen LogP contribution in [0.1, 0.15) is 12.8 Å². The third-order valence-electron chi connectivity index (χ3n) is 5.70. The Balaban J connectivity index is 1.15. The number of aromatic nitrogens is 4. The number of carbonyl (C=O) groups is 1. The third kappa shape index (κ3) is 3.74. The fraction of sp³-hybridized carbons (Fsp3) is 0.450. The van der Waals surface area contributed by atoms with Gasteiger partial charge in [-0.1, -0.05) is 11.3 Å². The van der Waals surface area contributed by atoms with Crippen LogP contribution in [0.2, 0.25) is 0 Å². The number of fused-ring (bicyclic) bond motifs is 1. The summed E-state index contributed by atoms with van der Waals surface area (Å²) in [7, 11) is 0. The summed E-state index contributed by atoms with van der Waals surface area (Å²) in [6, 6.07) is 5.74. The van der Waals surface area contributed by atoms with Gasteiger partial charge in [-0.25, -0.2) is 19.9 Å². The Morgan fingerprint density at radius 3 is 2.34 bits per heavy atom. The van der Waals surface area contributed by atoms with Crippen LogP contribution in [0.15, 0.2) is 36.8 Å². The van der Waals surface area contributed by atoms with E-state index in [0.29, 0.717) is 5.91 Å². The van der Waals surface area contributed by atoms with Crippen molar-refractivity contribution in [2.75, 3.05) is 49.1 Å². The zero-order chi connectivity index (χ0) is 19.6. The van der Waals surface area contributed by atoms with Crippen molar-refractivity contribution in [1.29, 1.82) is 0 Å². The maximum absolute atomic E-state index is 13.0. The standard InChI is InChI=1S/C20H23N7OS/c28-18(25-11-13-26(14-12-25)19-22-7-2-8-23-19)15-4-9-27(10-5-15)20-24-16-3-1-6-21-17(16)29-20/h1-3,6-8,15H,4-5,9-14H2. The minimum atomic E-state index is 0.110. The molecule has 0 spiro atoms. The summed E-state index contributed by atoms with van der Waals surface area (Å²) < 4.78 is 0. The molecule has 3 aromatic rings. The molecule has 2 aliphatic rings. The molecule has 2 aliphatic heterocycles. The average Bonchev–Trinajstić information content (AvgIpc) is 3.24. The van der Waals surface area contributed by atoms with Gasteiger partial charge < -0.3 is 14.7 Å². The highest BCUT2D eigenvalue weighted by atomic mass is 32.1. The Kier molecular flexibility index (Phi) is 4.97. The largest absolute Gasteiger partial charge is 0.348 e. The maximum Gasteiger partial charge on any atom is 0.225 e. The van der Waals surface area contributed by atoms with Gasteiger partial charge in [0.15, 0.2) is 5.13 Å². The monoisotopic (exact) mass is 409 g/mol. The van der Waals surface area contributed by atoms with Gasteiger partial charge in [-0.15, -0.1) is 0 Å². The molecule has 0 N–H and O–H groups in total. The van der Waals surface area contributed by atoms with Gasteiger partial charge in [0.1, 0.15) is 10.3 Å². The van der Waals surface area contributed by atoms with Gasteiger partial charge in [0.05, 0.1) is 0 Å². The van der Waals surface area contributed by atoms with E-state index >= 15 is 0 Å². The van der Waals surface area contributed by atoms with Crippen molar-refractivity contribution < 1.29 is 4.79 Å². The van der Waals surface area contributed by atoms with Crippen molar-refractivity contribution in [3.05, 3.63) is 36.8 Å². The molecule has 8 nitrogen and oxygen atoms in total. The number of anilines is 2. The Hall–Kier alpha value is -2.81. The number of carbonyl (C=O) groups excluding carboxylic acids is 1. The van der Waals surface area contributed by atoms with Crippen molar-refractivity contribution in [3.63, 3.8) is 0 Å². The first-order valence-electron chi connectivity index (χ1n) is 10.1. The number of pyridine rings is 1. The number of hydrogen-bond acceptors (Lipinski definition) is 8. The lowest BCUT2D eigenvalue weighted by Crippen LogP contribution is -2.52. The van der Waals surface area contributed by atoms with Crippen LogP contribution in [0.5, 0.6) is 0 Å². The molecular formula is C20H23N7OS. The fourth-order valence-electron chi connectivity index (χ4n) is 4.05. The molecule has 0 atom stereocenters. The topological polar surface area (TPSA) is 78.4 Å². The van der Waals surface area contributed by atoms with Gasteiger partial charge in [-0.3, -0.25) is 4.79 Å². The van der Waals surface area contributed by atoms with E-state index in [1.54, 1.807) is 29.9 Å². The predicted octanol–water partition coefficient (Wildman–Crippen LogP) is 2.05. The minimum absolute atomic E-state index is 0.110.